The van der Waals surface area contributed by atoms with Gasteiger partial charge in [0.25, 0.3) is 5.91 Å². The molecular formula is C21H22N2O5. The standard InChI is InChI=1S/C21H22N2O5/c1-14(28-17-8-9-18-19(11-17)27-13-26-18)21(25)22-12-15-4-6-16(7-5-15)23-10-2-3-20(23)24/h4-9,11,14H,2-3,10,12-13H2,1H3,(H,22,25)/t14-/m0/s1. The Bertz CT molecular complexity index is 881. The quantitative estimate of drug-likeness (QED) is 0.831. The zero-order valence-electron chi connectivity index (χ0n) is 15.6. The van der Waals surface area contributed by atoms with Crippen LogP contribution in [0.1, 0.15) is 25.3 Å². The second kappa shape index (κ2) is 7.80. The lowest BCUT2D eigenvalue weighted by atomic mass is 10.2. The van der Waals surface area contributed by atoms with Gasteiger partial charge < -0.3 is 24.4 Å². The normalized spacial score (nSPS) is 16.2. The van der Waals surface area contributed by atoms with Gasteiger partial charge in [0, 0.05) is 31.3 Å². The van der Waals surface area contributed by atoms with Gasteiger partial charge in [-0.15, -0.1) is 0 Å². The average molecular weight is 382 g/mol. The number of nitrogens with one attached hydrogen (secondary N) is 1. The maximum absolute atomic E-state index is 12.3. The molecule has 0 spiro atoms. The van der Waals surface area contributed by atoms with Crippen LogP contribution in [0.25, 0.3) is 0 Å². The molecule has 146 valence electrons. The molecule has 4 rings (SSSR count). The predicted molar refractivity (Wildman–Crippen MR) is 103 cm³/mol. The molecular weight excluding hydrogens is 360 g/mol. The minimum absolute atomic E-state index is 0.163. The highest BCUT2D eigenvalue weighted by Gasteiger charge is 2.21. The van der Waals surface area contributed by atoms with E-state index in [2.05, 4.69) is 5.32 Å². The first-order chi connectivity index (χ1) is 13.6. The molecule has 7 heteroatoms. The Morgan fingerprint density at radius 2 is 1.96 bits per heavy atom. The first-order valence-corrected chi connectivity index (χ1v) is 9.33. The van der Waals surface area contributed by atoms with E-state index >= 15 is 0 Å². The Labute approximate surface area is 163 Å². The van der Waals surface area contributed by atoms with Gasteiger partial charge in [0.05, 0.1) is 0 Å². The smallest absolute Gasteiger partial charge is 0.261 e. The van der Waals surface area contributed by atoms with Crippen LogP contribution in [0.2, 0.25) is 0 Å². The number of carbonyl (C=O) groups is 2. The molecule has 0 radical (unpaired) electrons. The second-order valence-electron chi connectivity index (χ2n) is 6.81. The first-order valence-electron chi connectivity index (χ1n) is 9.33. The Hall–Kier alpha value is -3.22. The fourth-order valence-electron chi connectivity index (χ4n) is 3.26. The van der Waals surface area contributed by atoms with E-state index in [4.69, 9.17) is 14.2 Å². The number of hydrogen-bond acceptors (Lipinski definition) is 5. The summed E-state index contributed by atoms with van der Waals surface area (Å²) in [6.07, 6.45) is 0.860. The lowest BCUT2D eigenvalue weighted by Crippen LogP contribution is -2.35. The van der Waals surface area contributed by atoms with Crippen LogP contribution in [0.4, 0.5) is 5.69 Å². The fraction of sp³-hybridized carbons (Fsp3) is 0.333. The topological polar surface area (TPSA) is 77.1 Å². The van der Waals surface area contributed by atoms with Gasteiger partial charge in [0.2, 0.25) is 12.7 Å². The summed E-state index contributed by atoms with van der Waals surface area (Å²) in [4.78, 5) is 25.9. The van der Waals surface area contributed by atoms with Gasteiger partial charge in [0.15, 0.2) is 17.6 Å². The van der Waals surface area contributed by atoms with Crippen molar-refractivity contribution in [3.63, 3.8) is 0 Å². The van der Waals surface area contributed by atoms with Crippen LogP contribution in [-0.2, 0) is 16.1 Å². The molecule has 1 saturated heterocycles. The van der Waals surface area contributed by atoms with E-state index in [0.717, 1.165) is 24.2 Å². The molecule has 0 bridgehead atoms. The van der Waals surface area contributed by atoms with Crippen LogP contribution in [-0.4, -0.2) is 31.3 Å². The fourth-order valence-corrected chi connectivity index (χ4v) is 3.26. The van der Waals surface area contributed by atoms with Crippen LogP contribution in [0.5, 0.6) is 17.2 Å². The summed E-state index contributed by atoms with van der Waals surface area (Å²) in [6, 6.07) is 12.9. The van der Waals surface area contributed by atoms with Gasteiger partial charge in [-0.05, 0) is 43.2 Å². The predicted octanol–water partition coefficient (Wildman–Crippen LogP) is 2.63. The minimum atomic E-state index is -0.651. The van der Waals surface area contributed by atoms with E-state index in [1.807, 2.05) is 24.3 Å². The van der Waals surface area contributed by atoms with Gasteiger partial charge in [-0.1, -0.05) is 12.1 Å². The van der Waals surface area contributed by atoms with Crippen molar-refractivity contribution in [2.75, 3.05) is 18.2 Å². The summed E-state index contributed by atoms with van der Waals surface area (Å²) in [5.74, 6) is 1.78. The molecule has 0 unspecified atom stereocenters. The summed E-state index contributed by atoms with van der Waals surface area (Å²) in [5, 5.41) is 2.87. The molecule has 1 fully saturated rings. The monoisotopic (exact) mass is 382 g/mol. The van der Waals surface area contributed by atoms with Crippen LogP contribution < -0.4 is 24.4 Å². The number of anilines is 1. The van der Waals surface area contributed by atoms with E-state index < -0.39 is 6.10 Å². The van der Waals surface area contributed by atoms with E-state index in [1.165, 1.54) is 0 Å². The number of rotatable bonds is 6. The van der Waals surface area contributed by atoms with Crippen molar-refractivity contribution in [1.29, 1.82) is 0 Å². The Kier molecular flexibility index (Phi) is 5.06. The van der Waals surface area contributed by atoms with E-state index in [9.17, 15) is 9.59 Å². The maximum Gasteiger partial charge on any atom is 0.261 e. The molecule has 1 N–H and O–H groups in total. The van der Waals surface area contributed by atoms with Crippen molar-refractivity contribution < 1.29 is 23.8 Å². The van der Waals surface area contributed by atoms with Crippen molar-refractivity contribution in [1.82, 2.24) is 5.32 Å². The minimum Gasteiger partial charge on any atom is -0.481 e. The molecule has 0 saturated carbocycles. The third-order valence-corrected chi connectivity index (χ3v) is 4.81. The van der Waals surface area contributed by atoms with E-state index in [0.29, 0.717) is 30.2 Å². The Morgan fingerprint density at radius 1 is 1.18 bits per heavy atom. The third-order valence-electron chi connectivity index (χ3n) is 4.81. The largest absolute Gasteiger partial charge is 0.481 e. The molecule has 2 aromatic carbocycles. The summed E-state index contributed by atoms with van der Waals surface area (Å²) in [5.41, 5.74) is 1.86. The summed E-state index contributed by atoms with van der Waals surface area (Å²) in [6.45, 7) is 3.05. The summed E-state index contributed by atoms with van der Waals surface area (Å²) in [7, 11) is 0. The molecule has 7 nitrogen and oxygen atoms in total. The number of amides is 2. The zero-order valence-corrected chi connectivity index (χ0v) is 15.6. The van der Waals surface area contributed by atoms with Gasteiger partial charge >= 0.3 is 0 Å². The SMILES string of the molecule is C[C@H](Oc1ccc2c(c1)OCO2)C(=O)NCc1ccc(N2CCCC2=O)cc1. The summed E-state index contributed by atoms with van der Waals surface area (Å²) >= 11 is 0. The van der Waals surface area contributed by atoms with Crippen LogP contribution in [0.3, 0.4) is 0 Å². The number of benzene rings is 2. The van der Waals surface area contributed by atoms with Gasteiger partial charge in [0.1, 0.15) is 5.75 Å². The van der Waals surface area contributed by atoms with E-state index in [-0.39, 0.29) is 18.6 Å². The number of carbonyl (C=O) groups excluding carboxylic acids is 2. The Balaban J connectivity index is 1.29. The zero-order chi connectivity index (χ0) is 19.5. The number of ether oxygens (including phenoxy) is 3. The highest BCUT2D eigenvalue weighted by Crippen LogP contribution is 2.35. The number of fused-ring (bicyclic) bond motifs is 1. The molecule has 2 amide bonds. The molecule has 2 aromatic rings. The molecule has 1 atom stereocenters. The average Bonchev–Trinajstić information content (AvgIpc) is 3.34. The maximum atomic E-state index is 12.3. The third kappa shape index (κ3) is 3.88. The lowest BCUT2D eigenvalue weighted by molar-refractivity contribution is -0.127. The molecule has 28 heavy (non-hydrogen) atoms. The highest BCUT2D eigenvalue weighted by molar-refractivity contribution is 5.95. The first kappa shape index (κ1) is 18.2. The molecule has 2 aliphatic heterocycles. The van der Waals surface area contributed by atoms with Crippen LogP contribution >= 0.6 is 0 Å². The van der Waals surface area contributed by atoms with E-state index in [1.54, 1.807) is 30.0 Å². The second-order valence-corrected chi connectivity index (χ2v) is 6.81. The van der Waals surface area contributed by atoms with Crippen LogP contribution in [0.15, 0.2) is 42.5 Å². The van der Waals surface area contributed by atoms with Gasteiger partial charge in [-0.25, -0.2) is 0 Å². The highest BCUT2D eigenvalue weighted by atomic mass is 16.7. The van der Waals surface area contributed by atoms with Crippen molar-refractivity contribution in [3.8, 4) is 17.2 Å². The van der Waals surface area contributed by atoms with Crippen molar-refractivity contribution >= 4 is 17.5 Å². The molecule has 2 aliphatic rings. The molecule has 2 heterocycles. The molecule has 0 aromatic heterocycles. The van der Waals surface area contributed by atoms with Crippen molar-refractivity contribution in [2.24, 2.45) is 0 Å². The lowest BCUT2D eigenvalue weighted by Gasteiger charge is -2.17. The summed E-state index contributed by atoms with van der Waals surface area (Å²) < 4.78 is 16.3. The Morgan fingerprint density at radius 3 is 2.71 bits per heavy atom. The number of hydrogen-bond donors (Lipinski definition) is 1. The van der Waals surface area contributed by atoms with Gasteiger partial charge in [-0.2, -0.15) is 0 Å². The van der Waals surface area contributed by atoms with Crippen molar-refractivity contribution in [2.45, 2.75) is 32.4 Å². The molecule has 0 aliphatic carbocycles. The van der Waals surface area contributed by atoms with Crippen LogP contribution in [0, 0.1) is 0 Å². The van der Waals surface area contributed by atoms with Gasteiger partial charge in [-0.3, -0.25) is 9.59 Å². The van der Waals surface area contributed by atoms with Crippen molar-refractivity contribution in [3.05, 3.63) is 48.0 Å². The number of nitrogens with zero attached hydrogens (tertiary/aromatic N) is 1.